The number of pyridine rings is 1. The van der Waals surface area contributed by atoms with Crippen molar-refractivity contribution in [1.29, 1.82) is 0 Å². The van der Waals surface area contributed by atoms with Crippen molar-refractivity contribution in [2.45, 2.75) is 44.8 Å². The summed E-state index contributed by atoms with van der Waals surface area (Å²) in [4.78, 5) is 26.8. The van der Waals surface area contributed by atoms with Crippen molar-refractivity contribution >= 4 is 39.0 Å². The third-order valence-corrected chi connectivity index (χ3v) is 6.48. The Bertz CT molecular complexity index is 1070. The maximum atomic E-state index is 12.4. The Kier molecular flexibility index (Phi) is 6.59. The molecule has 0 saturated heterocycles. The molecule has 3 aromatic heterocycles. The predicted octanol–water partition coefficient (Wildman–Crippen LogP) is 2.54. The summed E-state index contributed by atoms with van der Waals surface area (Å²) < 4.78 is 6.12. The van der Waals surface area contributed by atoms with E-state index in [1.165, 1.54) is 17.7 Å². The lowest BCUT2D eigenvalue weighted by Crippen LogP contribution is -2.27. The average Bonchev–Trinajstić information content (AvgIpc) is 3.12. The molecule has 1 fully saturated rings. The number of ether oxygens (including phenoxy) is 1. The second-order valence-corrected chi connectivity index (χ2v) is 8.47. The van der Waals surface area contributed by atoms with Crippen molar-refractivity contribution in [3.8, 4) is 5.88 Å². The summed E-state index contributed by atoms with van der Waals surface area (Å²) in [6.07, 6.45) is 5.90. The van der Waals surface area contributed by atoms with Crippen LogP contribution < -0.4 is 15.4 Å². The lowest BCUT2D eigenvalue weighted by molar-refractivity contribution is 0.0647. The van der Waals surface area contributed by atoms with E-state index in [4.69, 9.17) is 9.84 Å². The number of fused-ring (bicyclic) bond motifs is 1. The molecule has 0 aromatic carbocycles. The number of aromatic nitrogens is 3. The molecule has 3 heterocycles. The number of carbonyl (C=O) groups excluding carboxylic acids is 1. The summed E-state index contributed by atoms with van der Waals surface area (Å²) in [5.41, 5.74) is 1.44. The van der Waals surface area contributed by atoms with Gasteiger partial charge < -0.3 is 25.6 Å². The van der Waals surface area contributed by atoms with Crippen molar-refractivity contribution in [3.05, 3.63) is 35.1 Å². The van der Waals surface area contributed by atoms with E-state index in [2.05, 4.69) is 25.6 Å². The van der Waals surface area contributed by atoms with Gasteiger partial charge in [0.2, 0.25) is 5.88 Å². The molecule has 0 unspecified atom stereocenters. The average molecular weight is 444 g/mol. The number of hydrogen-bond donors (Lipinski definition) is 4. The molecule has 31 heavy (non-hydrogen) atoms. The highest BCUT2D eigenvalue weighted by molar-refractivity contribution is 7.20. The monoisotopic (exact) mass is 443 g/mol. The third-order valence-electron chi connectivity index (χ3n) is 5.28. The van der Waals surface area contributed by atoms with Gasteiger partial charge in [0, 0.05) is 12.7 Å². The fourth-order valence-corrected chi connectivity index (χ4v) is 4.73. The lowest BCUT2D eigenvalue weighted by atomic mass is 9.95. The summed E-state index contributed by atoms with van der Waals surface area (Å²) in [7, 11) is 0. The smallest absolute Gasteiger partial charge is 0.261 e. The Morgan fingerprint density at radius 3 is 2.84 bits per heavy atom. The summed E-state index contributed by atoms with van der Waals surface area (Å²) in [5.74, 6) is 0.798. The number of nitrogens with zero attached hydrogens (tertiary/aromatic N) is 3. The first-order valence-electron chi connectivity index (χ1n) is 10.3. The molecule has 0 radical (unpaired) electrons. The zero-order valence-electron chi connectivity index (χ0n) is 17.2. The molecule has 164 valence electrons. The van der Waals surface area contributed by atoms with Crippen LogP contribution in [0.1, 0.15) is 40.9 Å². The van der Waals surface area contributed by atoms with Gasteiger partial charge in [-0.1, -0.05) is 0 Å². The number of nitrogens with one attached hydrogen (secondary N) is 2. The number of amides is 1. The number of aliphatic hydroxyl groups excluding tert-OH is 2. The van der Waals surface area contributed by atoms with Gasteiger partial charge in [0.05, 0.1) is 23.0 Å². The Hall–Kier alpha value is -2.82. The highest BCUT2D eigenvalue weighted by atomic mass is 32.1. The molecule has 3 aromatic rings. The molecule has 10 heteroatoms. The highest BCUT2D eigenvalue weighted by Gasteiger charge is 2.23. The van der Waals surface area contributed by atoms with Crippen LogP contribution >= 0.6 is 11.3 Å². The minimum absolute atomic E-state index is 0.00831. The van der Waals surface area contributed by atoms with Gasteiger partial charge in [0.25, 0.3) is 5.91 Å². The summed E-state index contributed by atoms with van der Waals surface area (Å²) >= 11 is 1.28. The molecule has 4 N–H and O–H groups in total. The zero-order valence-corrected chi connectivity index (χ0v) is 18.0. The number of aliphatic hydroxyl groups is 2. The minimum Gasteiger partial charge on any atom is -0.473 e. The molecule has 0 spiro atoms. The van der Waals surface area contributed by atoms with Crippen LogP contribution in [0, 0.1) is 6.92 Å². The van der Waals surface area contributed by atoms with Gasteiger partial charge in [-0.05, 0) is 50.3 Å². The van der Waals surface area contributed by atoms with Crippen LogP contribution in [0.25, 0.3) is 10.2 Å². The van der Waals surface area contributed by atoms with Crippen LogP contribution in [0.2, 0.25) is 0 Å². The number of hydrogen-bond acceptors (Lipinski definition) is 9. The van der Waals surface area contributed by atoms with Crippen LogP contribution in [0.15, 0.2) is 24.7 Å². The van der Waals surface area contributed by atoms with E-state index in [1.54, 1.807) is 6.20 Å². The van der Waals surface area contributed by atoms with E-state index in [0.29, 0.717) is 27.1 Å². The van der Waals surface area contributed by atoms with E-state index in [9.17, 15) is 9.90 Å². The molecule has 1 aliphatic rings. The number of anilines is 2. The molecule has 0 aliphatic heterocycles. The van der Waals surface area contributed by atoms with Crippen LogP contribution in [0.5, 0.6) is 5.88 Å². The topological polar surface area (TPSA) is 129 Å². The number of aryl methyl sites for hydroxylation is 1. The van der Waals surface area contributed by atoms with E-state index >= 15 is 0 Å². The first kappa shape index (κ1) is 21.4. The molecule has 1 amide bonds. The summed E-state index contributed by atoms with van der Waals surface area (Å²) in [6.45, 7) is 1.93. The van der Waals surface area contributed by atoms with Crippen LogP contribution in [0.3, 0.4) is 0 Å². The first-order chi connectivity index (χ1) is 15.1. The minimum atomic E-state index is -0.249. The van der Waals surface area contributed by atoms with Gasteiger partial charge in [-0.2, -0.15) is 0 Å². The second-order valence-electron chi connectivity index (χ2n) is 7.47. The predicted molar refractivity (Wildman–Crippen MR) is 118 cm³/mol. The van der Waals surface area contributed by atoms with E-state index < -0.39 is 0 Å². The number of thiophene rings is 1. The van der Waals surface area contributed by atoms with E-state index in [1.807, 2.05) is 19.1 Å². The van der Waals surface area contributed by atoms with Gasteiger partial charge in [-0.15, -0.1) is 11.3 Å². The van der Waals surface area contributed by atoms with E-state index in [-0.39, 0.29) is 31.3 Å². The van der Waals surface area contributed by atoms with Crippen molar-refractivity contribution in [2.75, 3.05) is 18.5 Å². The van der Waals surface area contributed by atoms with Crippen molar-refractivity contribution in [1.82, 2.24) is 20.3 Å². The van der Waals surface area contributed by atoms with Gasteiger partial charge in [0.15, 0.2) is 0 Å². The van der Waals surface area contributed by atoms with Gasteiger partial charge in [-0.3, -0.25) is 4.79 Å². The molecular weight excluding hydrogens is 418 g/mol. The highest BCUT2D eigenvalue weighted by Crippen LogP contribution is 2.36. The van der Waals surface area contributed by atoms with Crippen molar-refractivity contribution in [3.63, 3.8) is 0 Å². The van der Waals surface area contributed by atoms with Crippen LogP contribution in [-0.4, -0.2) is 56.4 Å². The van der Waals surface area contributed by atoms with Gasteiger partial charge in [0.1, 0.15) is 28.8 Å². The third kappa shape index (κ3) is 4.76. The normalized spacial score (nSPS) is 18.7. The maximum Gasteiger partial charge on any atom is 0.261 e. The van der Waals surface area contributed by atoms with Crippen molar-refractivity contribution < 1.29 is 19.7 Å². The molecule has 1 aliphatic carbocycles. The van der Waals surface area contributed by atoms with Gasteiger partial charge in [-0.25, -0.2) is 15.0 Å². The van der Waals surface area contributed by atoms with Crippen LogP contribution in [-0.2, 0) is 0 Å². The standard InChI is InChI=1S/C21H25N5O4S/c1-12-16-18(24-11-25-21(16)31-17(12)19(29)22-9-10-27)26-15-3-2-8-23-20(15)30-14-6-4-13(28)5-7-14/h2-3,8,11,13-14,27-28H,4-7,9-10H2,1H3,(H,22,29)(H,24,25,26). The summed E-state index contributed by atoms with van der Waals surface area (Å²) in [6, 6.07) is 3.68. The molecule has 9 nitrogen and oxygen atoms in total. The maximum absolute atomic E-state index is 12.4. The largest absolute Gasteiger partial charge is 0.473 e. The molecule has 4 rings (SSSR count). The summed E-state index contributed by atoms with van der Waals surface area (Å²) in [5, 5.41) is 25.4. The molecule has 0 bridgehead atoms. The SMILES string of the molecule is Cc1c(C(=O)NCCO)sc2ncnc(Nc3cccnc3OC3CCC(O)CC3)c12. The van der Waals surface area contributed by atoms with Crippen molar-refractivity contribution in [2.24, 2.45) is 0 Å². The fourth-order valence-electron chi connectivity index (χ4n) is 3.66. The van der Waals surface area contributed by atoms with E-state index in [0.717, 1.165) is 36.6 Å². The fraction of sp³-hybridized carbons (Fsp3) is 0.429. The first-order valence-corrected chi connectivity index (χ1v) is 11.1. The quantitative estimate of drug-likeness (QED) is 0.438. The Balaban J connectivity index is 1.60. The molecule has 1 saturated carbocycles. The number of carbonyl (C=O) groups is 1. The zero-order chi connectivity index (χ0) is 21.8. The molecule has 0 atom stereocenters. The Labute approximate surface area is 183 Å². The number of rotatable bonds is 7. The molecular formula is C21H25N5O4S. The second kappa shape index (κ2) is 9.54. The van der Waals surface area contributed by atoms with Crippen LogP contribution in [0.4, 0.5) is 11.5 Å². The van der Waals surface area contributed by atoms with Gasteiger partial charge >= 0.3 is 0 Å². The Morgan fingerprint density at radius 1 is 1.26 bits per heavy atom. The Morgan fingerprint density at radius 2 is 2.06 bits per heavy atom. The lowest BCUT2D eigenvalue weighted by Gasteiger charge is -2.26.